The summed E-state index contributed by atoms with van der Waals surface area (Å²) in [7, 11) is 0. The highest BCUT2D eigenvalue weighted by molar-refractivity contribution is 6.03. The summed E-state index contributed by atoms with van der Waals surface area (Å²) in [6, 6.07) is -0.925. The number of hydrogen-bond acceptors (Lipinski definition) is 6. The van der Waals surface area contributed by atoms with Gasteiger partial charge in [-0.15, -0.1) is 0 Å². The fourth-order valence-electron chi connectivity index (χ4n) is 5.08. The standard InChI is InChI=1S/C18H27NO5/c1-16(2)9-6-7-18(16,5)14-13(9)23-15(21)11(19-14)12(20)10-8-22-17(3,4)24-10/h9-13,20H,6-8H2,1-5H3/t9-,10-,11+,12+,13?,18+/m1/s1. The molecule has 134 valence electrons. The zero-order valence-electron chi connectivity index (χ0n) is 15.0. The average molecular weight is 337 g/mol. The second-order valence-corrected chi connectivity index (χ2v) is 8.87. The molecule has 0 aromatic heterocycles. The van der Waals surface area contributed by atoms with Gasteiger partial charge >= 0.3 is 5.97 Å². The van der Waals surface area contributed by atoms with Crippen molar-refractivity contribution in [3.8, 4) is 0 Å². The first-order valence-corrected chi connectivity index (χ1v) is 8.85. The first-order chi connectivity index (χ1) is 11.1. The van der Waals surface area contributed by atoms with Crippen LogP contribution in [0.5, 0.6) is 0 Å². The first kappa shape index (κ1) is 16.5. The van der Waals surface area contributed by atoms with Crippen molar-refractivity contribution in [3.05, 3.63) is 0 Å². The van der Waals surface area contributed by atoms with E-state index in [1.807, 2.05) is 0 Å². The molecule has 6 heteroatoms. The maximum absolute atomic E-state index is 12.5. The molecule has 2 aliphatic heterocycles. The van der Waals surface area contributed by atoms with Crippen LogP contribution in [-0.4, -0.2) is 53.5 Å². The third-order valence-corrected chi connectivity index (χ3v) is 7.00. The normalized spacial score (nSPS) is 46.4. The molecule has 4 rings (SSSR count). The van der Waals surface area contributed by atoms with Crippen molar-refractivity contribution < 1.29 is 24.1 Å². The van der Waals surface area contributed by atoms with Gasteiger partial charge in [0.2, 0.25) is 0 Å². The molecule has 4 aliphatic rings. The second kappa shape index (κ2) is 4.80. The molecule has 24 heavy (non-hydrogen) atoms. The minimum absolute atomic E-state index is 0.0472. The SMILES string of the molecule is CC1(C)OC[C@H]([C@H](O)[C@@H]2N=C3C(OC2=O)[C@H]2CC[C@]3(C)C2(C)C)O1. The average Bonchev–Trinajstić information content (AvgIpc) is 3.01. The molecular weight excluding hydrogens is 310 g/mol. The van der Waals surface area contributed by atoms with E-state index in [2.05, 4.69) is 20.8 Å². The van der Waals surface area contributed by atoms with Crippen LogP contribution >= 0.6 is 0 Å². The Kier molecular flexibility index (Phi) is 3.30. The fraction of sp³-hybridized carbons (Fsp3) is 0.889. The molecule has 6 atom stereocenters. The number of fused-ring (bicyclic) bond motifs is 5. The lowest BCUT2D eigenvalue weighted by atomic mass is 9.70. The number of hydrogen-bond donors (Lipinski definition) is 1. The van der Waals surface area contributed by atoms with Gasteiger partial charge < -0.3 is 19.3 Å². The minimum Gasteiger partial charge on any atom is -0.454 e. The molecule has 0 spiro atoms. The molecule has 6 nitrogen and oxygen atoms in total. The van der Waals surface area contributed by atoms with E-state index in [9.17, 15) is 9.90 Å². The molecule has 2 bridgehead atoms. The molecule has 3 fully saturated rings. The number of ether oxygens (including phenoxy) is 3. The summed E-state index contributed by atoms with van der Waals surface area (Å²) >= 11 is 0. The molecule has 2 aliphatic carbocycles. The number of aliphatic hydroxyl groups excluding tert-OH is 1. The Bertz CT molecular complexity index is 613. The van der Waals surface area contributed by atoms with Crippen LogP contribution in [0.4, 0.5) is 0 Å². The maximum Gasteiger partial charge on any atom is 0.334 e. The van der Waals surface area contributed by atoms with Crippen LogP contribution in [-0.2, 0) is 19.0 Å². The maximum atomic E-state index is 12.5. The lowest BCUT2D eigenvalue weighted by Gasteiger charge is -2.37. The van der Waals surface area contributed by atoms with Gasteiger partial charge in [-0.25, -0.2) is 4.79 Å². The van der Waals surface area contributed by atoms with E-state index < -0.39 is 30.0 Å². The monoisotopic (exact) mass is 337 g/mol. The van der Waals surface area contributed by atoms with Gasteiger partial charge in [0.05, 0.1) is 12.3 Å². The van der Waals surface area contributed by atoms with Gasteiger partial charge in [-0.3, -0.25) is 4.99 Å². The summed E-state index contributed by atoms with van der Waals surface area (Å²) in [5.41, 5.74) is 0.921. The molecule has 2 saturated carbocycles. The summed E-state index contributed by atoms with van der Waals surface area (Å²) in [5.74, 6) is -0.884. The largest absolute Gasteiger partial charge is 0.454 e. The van der Waals surface area contributed by atoms with Gasteiger partial charge in [-0.2, -0.15) is 0 Å². The van der Waals surface area contributed by atoms with Crippen molar-refractivity contribution in [2.75, 3.05) is 6.61 Å². The highest BCUT2D eigenvalue weighted by Crippen LogP contribution is 2.65. The van der Waals surface area contributed by atoms with Crippen molar-refractivity contribution >= 4 is 11.7 Å². The Morgan fingerprint density at radius 3 is 2.58 bits per heavy atom. The third kappa shape index (κ3) is 1.99. The highest BCUT2D eigenvalue weighted by Gasteiger charge is 2.67. The summed E-state index contributed by atoms with van der Waals surface area (Å²) < 4.78 is 17.0. The van der Waals surface area contributed by atoms with E-state index in [0.717, 1.165) is 18.6 Å². The van der Waals surface area contributed by atoms with Gasteiger partial charge in [-0.1, -0.05) is 20.8 Å². The summed E-state index contributed by atoms with van der Waals surface area (Å²) in [6.45, 7) is 10.5. The molecule has 0 radical (unpaired) electrons. The van der Waals surface area contributed by atoms with Crippen molar-refractivity contribution in [2.45, 2.75) is 77.6 Å². The Labute approximate surface area is 142 Å². The zero-order chi connectivity index (χ0) is 17.5. The molecule has 1 saturated heterocycles. The molecule has 2 heterocycles. The molecule has 0 aromatic rings. The van der Waals surface area contributed by atoms with E-state index in [1.165, 1.54) is 0 Å². The molecule has 1 unspecified atom stereocenters. The Hall–Kier alpha value is -0.980. The van der Waals surface area contributed by atoms with Crippen LogP contribution in [0.15, 0.2) is 4.99 Å². The molecule has 1 N–H and O–H groups in total. The van der Waals surface area contributed by atoms with Crippen LogP contribution in [0.25, 0.3) is 0 Å². The second-order valence-electron chi connectivity index (χ2n) is 8.87. The predicted molar refractivity (Wildman–Crippen MR) is 86.6 cm³/mol. The Balaban J connectivity index is 1.64. The number of carbonyl (C=O) groups excluding carboxylic acids is 1. The lowest BCUT2D eigenvalue weighted by Crippen LogP contribution is -2.51. The van der Waals surface area contributed by atoms with Gasteiger partial charge in [0.15, 0.2) is 11.8 Å². The van der Waals surface area contributed by atoms with E-state index >= 15 is 0 Å². The summed E-state index contributed by atoms with van der Waals surface area (Å²) in [4.78, 5) is 17.2. The smallest absolute Gasteiger partial charge is 0.334 e. The summed E-state index contributed by atoms with van der Waals surface area (Å²) in [6.07, 6.45) is 0.251. The predicted octanol–water partition coefficient (Wildman–Crippen LogP) is 1.69. The van der Waals surface area contributed by atoms with Crippen molar-refractivity contribution in [1.82, 2.24) is 0 Å². The Morgan fingerprint density at radius 2 is 1.96 bits per heavy atom. The molecule has 0 aromatic carbocycles. The van der Waals surface area contributed by atoms with Crippen LogP contribution in [0, 0.1) is 16.7 Å². The number of carbonyl (C=O) groups is 1. The topological polar surface area (TPSA) is 77.4 Å². The lowest BCUT2D eigenvalue weighted by molar-refractivity contribution is -0.166. The van der Waals surface area contributed by atoms with Gasteiger partial charge in [0, 0.05) is 11.3 Å². The van der Waals surface area contributed by atoms with Gasteiger partial charge in [-0.05, 0) is 32.1 Å². The van der Waals surface area contributed by atoms with Crippen LogP contribution in [0.3, 0.4) is 0 Å². The van der Waals surface area contributed by atoms with Crippen molar-refractivity contribution in [1.29, 1.82) is 0 Å². The van der Waals surface area contributed by atoms with Crippen LogP contribution < -0.4 is 0 Å². The van der Waals surface area contributed by atoms with E-state index in [1.54, 1.807) is 13.8 Å². The zero-order valence-corrected chi connectivity index (χ0v) is 15.0. The minimum atomic E-state index is -1.06. The highest BCUT2D eigenvalue weighted by atomic mass is 16.7. The molecular formula is C18H27NO5. The molecule has 0 amide bonds. The van der Waals surface area contributed by atoms with E-state index in [4.69, 9.17) is 19.2 Å². The summed E-state index contributed by atoms with van der Waals surface area (Å²) in [5, 5.41) is 10.7. The van der Waals surface area contributed by atoms with E-state index in [-0.39, 0.29) is 23.5 Å². The third-order valence-electron chi connectivity index (χ3n) is 7.00. The van der Waals surface area contributed by atoms with Gasteiger partial charge in [0.25, 0.3) is 0 Å². The van der Waals surface area contributed by atoms with Crippen LogP contribution in [0.2, 0.25) is 0 Å². The van der Waals surface area contributed by atoms with E-state index in [0.29, 0.717) is 5.92 Å². The Morgan fingerprint density at radius 1 is 1.25 bits per heavy atom. The van der Waals surface area contributed by atoms with Gasteiger partial charge in [0.1, 0.15) is 18.3 Å². The van der Waals surface area contributed by atoms with Crippen molar-refractivity contribution in [2.24, 2.45) is 21.7 Å². The quantitative estimate of drug-likeness (QED) is 0.776. The number of aliphatic hydroxyl groups is 1. The fourth-order valence-corrected chi connectivity index (χ4v) is 5.08. The number of rotatable bonds is 2. The first-order valence-electron chi connectivity index (χ1n) is 8.85. The number of nitrogens with zero attached hydrogens (tertiary/aromatic N) is 1. The van der Waals surface area contributed by atoms with Crippen molar-refractivity contribution in [3.63, 3.8) is 0 Å². The number of aliphatic imine (C=N–C) groups is 1. The number of esters is 1. The van der Waals surface area contributed by atoms with Crippen LogP contribution in [0.1, 0.15) is 47.5 Å².